The quantitative estimate of drug-likeness (QED) is 0.686. The summed E-state index contributed by atoms with van der Waals surface area (Å²) in [5, 5.41) is 27.4. The number of ether oxygens (including phenoxy) is 1. The van der Waals surface area contributed by atoms with Gasteiger partial charge in [0.1, 0.15) is 0 Å². The fourth-order valence-electron chi connectivity index (χ4n) is 6.32. The van der Waals surface area contributed by atoms with Crippen molar-refractivity contribution < 1.29 is 14.9 Å². The maximum atomic E-state index is 12.1. The molecule has 0 unspecified atom stereocenters. The molecule has 6 nitrogen and oxygen atoms in total. The molecule has 2 aromatic rings. The summed E-state index contributed by atoms with van der Waals surface area (Å²) in [6.45, 7) is 0.890. The van der Waals surface area contributed by atoms with E-state index < -0.39 is 11.0 Å². The lowest BCUT2D eigenvalue weighted by Gasteiger charge is -2.62. The number of likely N-dealkylation sites (tertiary alicyclic amines) is 1. The second-order valence-electron chi connectivity index (χ2n) is 8.87. The lowest BCUT2D eigenvalue weighted by molar-refractivity contribution is -0.160. The van der Waals surface area contributed by atoms with Crippen LogP contribution in [0.5, 0.6) is 11.5 Å². The number of nitrogens with one attached hydrogen (secondary N) is 1. The fraction of sp³-hybridized carbons (Fsp3) is 0.435. The summed E-state index contributed by atoms with van der Waals surface area (Å²) in [5.41, 5.74) is 5.74. The van der Waals surface area contributed by atoms with Gasteiger partial charge in [0.2, 0.25) is 0 Å². The normalized spacial score (nSPS) is 35.9. The van der Waals surface area contributed by atoms with E-state index in [1.165, 1.54) is 5.56 Å². The smallest absolute Gasteiger partial charge is 0.166 e. The van der Waals surface area contributed by atoms with Crippen LogP contribution in [0.4, 0.5) is 5.69 Å². The number of hydrogen-bond donors (Lipinski definition) is 3. The lowest BCUT2D eigenvalue weighted by atomic mass is 9.49. The lowest BCUT2D eigenvalue weighted by Crippen LogP contribution is -2.76. The summed E-state index contributed by atoms with van der Waals surface area (Å²) >= 11 is 0. The van der Waals surface area contributed by atoms with Gasteiger partial charge < -0.3 is 19.8 Å². The number of anilines is 1. The van der Waals surface area contributed by atoms with Crippen molar-refractivity contribution in [1.82, 2.24) is 4.90 Å². The van der Waals surface area contributed by atoms with E-state index in [0.717, 1.165) is 36.3 Å². The van der Waals surface area contributed by atoms with E-state index in [9.17, 15) is 10.2 Å². The van der Waals surface area contributed by atoms with Crippen molar-refractivity contribution in [3.8, 4) is 11.5 Å². The molecular formula is C23H25N3O3. The van der Waals surface area contributed by atoms with E-state index in [2.05, 4.69) is 17.4 Å². The van der Waals surface area contributed by atoms with Crippen LogP contribution in [0.3, 0.4) is 0 Å². The zero-order chi connectivity index (χ0) is 19.8. The van der Waals surface area contributed by atoms with Crippen LogP contribution in [0.2, 0.25) is 0 Å². The molecular weight excluding hydrogens is 366 g/mol. The first kappa shape index (κ1) is 17.3. The molecule has 3 N–H and O–H groups in total. The molecule has 0 amide bonds. The van der Waals surface area contributed by atoms with Gasteiger partial charge in [-0.2, -0.15) is 5.10 Å². The van der Waals surface area contributed by atoms with E-state index in [4.69, 9.17) is 9.84 Å². The number of phenolic OH excluding ortho intramolecular Hbond substituents is 1. The van der Waals surface area contributed by atoms with Gasteiger partial charge in [0.15, 0.2) is 17.6 Å². The van der Waals surface area contributed by atoms with Gasteiger partial charge in [0.05, 0.1) is 22.4 Å². The maximum Gasteiger partial charge on any atom is 0.166 e. The summed E-state index contributed by atoms with van der Waals surface area (Å²) in [4.78, 5) is 2.29. The predicted octanol–water partition coefficient (Wildman–Crippen LogP) is 2.64. The highest BCUT2D eigenvalue weighted by atomic mass is 16.5. The van der Waals surface area contributed by atoms with Gasteiger partial charge in [-0.25, -0.2) is 0 Å². The van der Waals surface area contributed by atoms with Crippen LogP contribution in [0, 0.1) is 0 Å². The highest BCUT2D eigenvalue weighted by molar-refractivity contribution is 5.95. The van der Waals surface area contributed by atoms with Crippen LogP contribution < -0.4 is 10.2 Å². The van der Waals surface area contributed by atoms with Crippen molar-refractivity contribution in [2.24, 2.45) is 5.10 Å². The number of aliphatic hydroxyl groups is 1. The monoisotopic (exact) mass is 391 g/mol. The van der Waals surface area contributed by atoms with E-state index in [1.54, 1.807) is 6.07 Å². The molecule has 2 aliphatic heterocycles. The minimum Gasteiger partial charge on any atom is -0.504 e. The Bertz CT molecular complexity index is 1020. The molecule has 2 fully saturated rings. The minimum absolute atomic E-state index is 0.0500. The van der Waals surface area contributed by atoms with Crippen molar-refractivity contribution in [2.45, 2.75) is 48.8 Å². The number of aromatic hydroxyl groups is 1. The maximum absolute atomic E-state index is 12.1. The molecule has 1 saturated heterocycles. The van der Waals surface area contributed by atoms with Crippen LogP contribution in [0.25, 0.3) is 0 Å². The number of rotatable bonds is 2. The van der Waals surface area contributed by atoms with Crippen LogP contribution >= 0.6 is 0 Å². The number of benzene rings is 2. The number of likely N-dealkylation sites (N-methyl/N-ethyl adjacent to an activating group) is 1. The molecule has 29 heavy (non-hydrogen) atoms. The average Bonchev–Trinajstić information content (AvgIpc) is 3.08. The second kappa shape index (κ2) is 5.74. The van der Waals surface area contributed by atoms with Crippen LogP contribution in [-0.4, -0.2) is 52.2 Å². The zero-order valence-corrected chi connectivity index (χ0v) is 16.4. The van der Waals surface area contributed by atoms with Crippen molar-refractivity contribution in [3.63, 3.8) is 0 Å². The molecule has 0 radical (unpaired) electrons. The van der Waals surface area contributed by atoms with Gasteiger partial charge in [-0.05, 0) is 63.0 Å². The number of piperidine rings is 1. The molecule has 0 aromatic heterocycles. The van der Waals surface area contributed by atoms with Crippen LogP contribution in [0.1, 0.15) is 30.4 Å². The molecule has 4 aliphatic rings. The van der Waals surface area contributed by atoms with Gasteiger partial charge in [-0.3, -0.25) is 5.43 Å². The molecule has 150 valence electrons. The number of hydrogen-bond acceptors (Lipinski definition) is 6. The molecule has 6 heteroatoms. The average molecular weight is 391 g/mol. The fourth-order valence-corrected chi connectivity index (χ4v) is 6.32. The molecule has 4 atom stereocenters. The Morgan fingerprint density at radius 2 is 2.00 bits per heavy atom. The third-order valence-electron chi connectivity index (χ3n) is 7.65. The summed E-state index contributed by atoms with van der Waals surface area (Å²) in [7, 11) is 2.10. The summed E-state index contributed by atoms with van der Waals surface area (Å²) in [5.74, 6) is 0.700. The Balaban J connectivity index is 1.51. The first-order chi connectivity index (χ1) is 14.0. The minimum atomic E-state index is -0.886. The zero-order valence-electron chi connectivity index (χ0n) is 16.4. The summed E-state index contributed by atoms with van der Waals surface area (Å²) in [6, 6.07) is 13.6. The first-order valence-corrected chi connectivity index (χ1v) is 10.4. The predicted molar refractivity (Wildman–Crippen MR) is 111 cm³/mol. The Kier molecular flexibility index (Phi) is 3.42. The highest BCUT2D eigenvalue weighted by Crippen LogP contribution is 2.64. The van der Waals surface area contributed by atoms with E-state index >= 15 is 0 Å². The van der Waals surface area contributed by atoms with Crippen LogP contribution in [0.15, 0.2) is 47.6 Å². The SMILES string of the molecule is CN1CC[C@]23c4c5ccc(O)c4O[C@H]2/C(=N/Nc2ccccc2)CC[C@@]3(O)[C@H]1C5. The molecule has 1 spiro atoms. The largest absolute Gasteiger partial charge is 0.504 e. The highest BCUT2D eigenvalue weighted by Gasteiger charge is 2.72. The summed E-state index contributed by atoms with van der Waals surface area (Å²) < 4.78 is 6.41. The Labute approximate surface area is 169 Å². The van der Waals surface area contributed by atoms with Crippen molar-refractivity contribution in [3.05, 3.63) is 53.6 Å². The molecule has 2 bridgehead atoms. The number of hydrazone groups is 1. The standard InChI is InChI=1S/C23H25N3O3/c1-26-12-11-22-19-14-7-8-17(27)20(19)29-21(22)16(9-10-23(22,28)18(26)13-14)25-24-15-5-3-2-4-6-15/h2-8,18,21,24,27-28H,9-13H2,1H3/b25-16+/t18-,21+,22+,23-/m1/s1. The first-order valence-electron chi connectivity index (χ1n) is 10.4. The number of para-hydroxylation sites is 1. The third-order valence-corrected chi connectivity index (χ3v) is 7.65. The van der Waals surface area contributed by atoms with Crippen molar-refractivity contribution in [2.75, 3.05) is 19.0 Å². The van der Waals surface area contributed by atoms with Gasteiger partial charge in [0.25, 0.3) is 0 Å². The van der Waals surface area contributed by atoms with E-state index in [-0.39, 0.29) is 17.9 Å². The molecule has 2 heterocycles. The number of phenols is 1. The van der Waals surface area contributed by atoms with E-state index in [0.29, 0.717) is 18.6 Å². The Morgan fingerprint density at radius 3 is 2.83 bits per heavy atom. The third kappa shape index (κ3) is 2.05. The van der Waals surface area contributed by atoms with Crippen molar-refractivity contribution >= 4 is 11.4 Å². The Hall–Kier alpha value is -2.57. The van der Waals surface area contributed by atoms with Crippen LogP contribution in [-0.2, 0) is 11.8 Å². The molecule has 6 rings (SSSR count). The van der Waals surface area contributed by atoms with E-state index in [1.807, 2.05) is 36.4 Å². The van der Waals surface area contributed by atoms with Gasteiger partial charge in [0, 0.05) is 11.6 Å². The summed E-state index contributed by atoms with van der Waals surface area (Å²) in [6.07, 6.45) is 2.51. The van der Waals surface area contributed by atoms with Crippen molar-refractivity contribution in [1.29, 1.82) is 0 Å². The van der Waals surface area contributed by atoms with Gasteiger partial charge >= 0.3 is 0 Å². The number of nitrogens with zero attached hydrogens (tertiary/aromatic N) is 2. The molecule has 1 saturated carbocycles. The van der Waals surface area contributed by atoms with Gasteiger partial charge in [-0.15, -0.1) is 0 Å². The molecule has 2 aromatic carbocycles. The molecule has 2 aliphatic carbocycles. The second-order valence-corrected chi connectivity index (χ2v) is 8.87. The topological polar surface area (TPSA) is 77.3 Å². The van der Waals surface area contributed by atoms with Gasteiger partial charge in [-0.1, -0.05) is 24.3 Å². The Morgan fingerprint density at radius 1 is 1.17 bits per heavy atom.